The summed E-state index contributed by atoms with van der Waals surface area (Å²) in [6.45, 7) is 1.51. The van der Waals surface area contributed by atoms with Gasteiger partial charge in [0.15, 0.2) is 0 Å². The Morgan fingerprint density at radius 1 is 1.10 bits per heavy atom. The summed E-state index contributed by atoms with van der Waals surface area (Å²) in [5.41, 5.74) is 1.50. The van der Waals surface area contributed by atoms with E-state index in [0.29, 0.717) is 21.8 Å². The van der Waals surface area contributed by atoms with Crippen molar-refractivity contribution in [2.24, 2.45) is 0 Å². The van der Waals surface area contributed by atoms with E-state index in [9.17, 15) is 19.2 Å². The lowest BCUT2D eigenvalue weighted by Gasteiger charge is -2.12. The minimum absolute atomic E-state index is 0.0638. The molecule has 0 aliphatic carbocycles. The van der Waals surface area contributed by atoms with Crippen LogP contribution in [-0.2, 0) is 14.3 Å². The lowest BCUT2D eigenvalue weighted by Crippen LogP contribution is -2.38. The van der Waals surface area contributed by atoms with E-state index in [0.717, 1.165) is 4.90 Å². The second kappa shape index (κ2) is 9.23. The van der Waals surface area contributed by atoms with Gasteiger partial charge in [-0.25, -0.2) is 14.5 Å². The van der Waals surface area contributed by atoms with Crippen molar-refractivity contribution >= 4 is 47.2 Å². The highest BCUT2D eigenvalue weighted by Gasteiger charge is 2.34. The van der Waals surface area contributed by atoms with Crippen LogP contribution in [0.3, 0.4) is 0 Å². The summed E-state index contributed by atoms with van der Waals surface area (Å²) >= 11 is 5.83. The molecule has 2 N–H and O–H groups in total. The number of nitrogens with zero attached hydrogens (tertiary/aromatic N) is 1. The summed E-state index contributed by atoms with van der Waals surface area (Å²) < 4.78 is 4.89. The number of hydrogen-bond donors (Lipinski definition) is 2. The quantitative estimate of drug-likeness (QED) is 0.419. The second-order valence-electron chi connectivity index (χ2n) is 6.28. The monoisotopic (exact) mass is 427 g/mol. The van der Waals surface area contributed by atoms with Crippen LogP contribution in [-0.4, -0.2) is 41.9 Å². The number of anilines is 1. The van der Waals surface area contributed by atoms with Crippen molar-refractivity contribution in [3.05, 3.63) is 70.4 Å². The van der Waals surface area contributed by atoms with Gasteiger partial charge in [-0.05, 0) is 55.0 Å². The predicted octanol–water partition coefficient (Wildman–Crippen LogP) is 3.05. The Hall–Kier alpha value is -3.65. The molecule has 1 heterocycles. The summed E-state index contributed by atoms with van der Waals surface area (Å²) in [6, 6.07) is 12.1. The molecule has 9 heteroatoms. The number of carbonyl (C=O) groups excluding carboxylic acids is 4. The zero-order chi connectivity index (χ0) is 21.7. The average Bonchev–Trinajstić information content (AvgIpc) is 2.98. The number of urea groups is 1. The first-order valence-electron chi connectivity index (χ1n) is 9.04. The first kappa shape index (κ1) is 21.1. The van der Waals surface area contributed by atoms with Crippen molar-refractivity contribution in [3.63, 3.8) is 0 Å². The predicted molar refractivity (Wildman–Crippen MR) is 111 cm³/mol. The summed E-state index contributed by atoms with van der Waals surface area (Å²) in [7, 11) is 0. The van der Waals surface area contributed by atoms with E-state index in [4.69, 9.17) is 16.3 Å². The Morgan fingerprint density at radius 3 is 2.40 bits per heavy atom. The van der Waals surface area contributed by atoms with Crippen LogP contribution in [0.4, 0.5) is 10.5 Å². The van der Waals surface area contributed by atoms with Gasteiger partial charge in [0, 0.05) is 10.7 Å². The molecule has 8 nitrogen and oxygen atoms in total. The molecular formula is C21H18ClN3O5. The third-order valence-electron chi connectivity index (χ3n) is 4.12. The Labute approximate surface area is 177 Å². The largest absolute Gasteiger partial charge is 0.462 e. The van der Waals surface area contributed by atoms with Gasteiger partial charge in [-0.3, -0.25) is 9.59 Å². The number of halogens is 1. The summed E-state index contributed by atoms with van der Waals surface area (Å²) in [5.74, 6) is -1.63. The van der Waals surface area contributed by atoms with Gasteiger partial charge in [0.25, 0.3) is 5.91 Å². The fourth-order valence-corrected chi connectivity index (χ4v) is 2.82. The van der Waals surface area contributed by atoms with Gasteiger partial charge < -0.3 is 15.4 Å². The van der Waals surface area contributed by atoms with E-state index in [2.05, 4.69) is 10.6 Å². The maximum absolute atomic E-state index is 12.5. The van der Waals surface area contributed by atoms with Crippen molar-refractivity contribution in [1.82, 2.24) is 10.2 Å². The maximum Gasteiger partial charge on any atom is 0.338 e. The maximum atomic E-state index is 12.5. The molecule has 2 aromatic rings. The highest BCUT2D eigenvalue weighted by Crippen LogP contribution is 2.17. The number of amides is 4. The Balaban J connectivity index is 1.62. The lowest BCUT2D eigenvalue weighted by molar-refractivity contribution is -0.127. The van der Waals surface area contributed by atoms with E-state index in [1.807, 2.05) is 0 Å². The molecule has 30 heavy (non-hydrogen) atoms. The van der Waals surface area contributed by atoms with Gasteiger partial charge in [0.2, 0.25) is 5.91 Å². The topological polar surface area (TPSA) is 105 Å². The van der Waals surface area contributed by atoms with Gasteiger partial charge in [-0.2, -0.15) is 0 Å². The van der Waals surface area contributed by atoms with Crippen molar-refractivity contribution in [2.75, 3.05) is 18.5 Å². The molecule has 0 spiro atoms. The summed E-state index contributed by atoms with van der Waals surface area (Å²) in [6.07, 6.45) is 1.50. The van der Waals surface area contributed by atoms with Crippen molar-refractivity contribution in [2.45, 2.75) is 6.92 Å². The number of carbonyl (C=O) groups is 4. The molecule has 0 saturated carbocycles. The van der Waals surface area contributed by atoms with Gasteiger partial charge in [0.1, 0.15) is 12.2 Å². The molecule has 2 aromatic carbocycles. The Morgan fingerprint density at radius 2 is 1.77 bits per heavy atom. The van der Waals surface area contributed by atoms with Crippen LogP contribution < -0.4 is 10.6 Å². The molecule has 0 bridgehead atoms. The fourth-order valence-electron chi connectivity index (χ4n) is 2.69. The van der Waals surface area contributed by atoms with E-state index >= 15 is 0 Å². The minimum Gasteiger partial charge on any atom is -0.462 e. The number of benzene rings is 2. The van der Waals surface area contributed by atoms with E-state index in [1.54, 1.807) is 31.2 Å². The van der Waals surface area contributed by atoms with E-state index in [-0.39, 0.29) is 12.3 Å². The summed E-state index contributed by atoms with van der Waals surface area (Å²) in [5, 5.41) is 5.58. The van der Waals surface area contributed by atoms with Gasteiger partial charge >= 0.3 is 12.0 Å². The van der Waals surface area contributed by atoms with Crippen LogP contribution in [0.15, 0.2) is 54.2 Å². The van der Waals surface area contributed by atoms with Crippen molar-refractivity contribution in [1.29, 1.82) is 0 Å². The standard InChI is InChI=1S/C21H18ClN3O5/c1-2-30-20(28)14-5-9-16(10-6-14)23-18(26)12-25-19(27)17(24-21(25)29)11-13-3-7-15(22)8-4-13/h3-11H,2,12H2,1H3,(H,23,26)(H,24,29)/b17-11-. The molecule has 1 saturated heterocycles. The van der Waals surface area contributed by atoms with Crippen LogP contribution in [0.2, 0.25) is 5.02 Å². The number of ether oxygens (including phenoxy) is 1. The third kappa shape index (κ3) is 5.03. The molecule has 154 valence electrons. The number of esters is 1. The van der Waals surface area contributed by atoms with Crippen molar-refractivity contribution in [3.8, 4) is 0 Å². The minimum atomic E-state index is -0.687. The summed E-state index contributed by atoms with van der Waals surface area (Å²) in [4.78, 5) is 49.3. The van der Waals surface area contributed by atoms with Crippen LogP contribution in [0.25, 0.3) is 6.08 Å². The van der Waals surface area contributed by atoms with Gasteiger partial charge in [-0.1, -0.05) is 23.7 Å². The van der Waals surface area contributed by atoms with Crippen LogP contribution in [0.5, 0.6) is 0 Å². The number of rotatable bonds is 6. The molecule has 1 aliphatic heterocycles. The second-order valence-corrected chi connectivity index (χ2v) is 6.71. The smallest absolute Gasteiger partial charge is 0.338 e. The first-order chi connectivity index (χ1) is 14.4. The van der Waals surface area contributed by atoms with E-state index < -0.39 is 30.4 Å². The lowest BCUT2D eigenvalue weighted by atomic mass is 10.2. The normalized spacial score (nSPS) is 14.6. The highest BCUT2D eigenvalue weighted by molar-refractivity contribution is 6.30. The highest BCUT2D eigenvalue weighted by atomic mass is 35.5. The van der Waals surface area contributed by atoms with Gasteiger partial charge in [0.05, 0.1) is 12.2 Å². The number of nitrogens with one attached hydrogen (secondary N) is 2. The SMILES string of the molecule is CCOC(=O)c1ccc(NC(=O)CN2C(=O)N/C(=C\c3ccc(Cl)cc3)C2=O)cc1. The molecule has 1 fully saturated rings. The number of imide groups is 1. The zero-order valence-electron chi connectivity index (χ0n) is 16.0. The molecule has 0 radical (unpaired) electrons. The van der Waals surface area contributed by atoms with Crippen molar-refractivity contribution < 1.29 is 23.9 Å². The molecular weight excluding hydrogens is 410 g/mol. The molecule has 4 amide bonds. The van der Waals surface area contributed by atoms with Gasteiger partial charge in [-0.15, -0.1) is 0 Å². The average molecular weight is 428 g/mol. The molecule has 0 unspecified atom stereocenters. The van der Waals surface area contributed by atoms with Crippen LogP contribution in [0, 0.1) is 0 Å². The van der Waals surface area contributed by atoms with Crippen LogP contribution >= 0.6 is 11.6 Å². The Kier molecular flexibility index (Phi) is 6.48. The molecule has 0 aromatic heterocycles. The molecule has 1 aliphatic rings. The molecule has 3 rings (SSSR count). The molecule has 0 atom stereocenters. The first-order valence-corrected chi connectivity index (χ1v) is 9.42. The zero-order valence-corrected chi connectivity index (χ0v) is 16.7. The third-order valence-corrected chi connectivity index (χ3v) is 4.38. The van der Waals surface area contributed by atoms with Crippen LogP contribution in [0.1, 0.15) is 22.8 Å². The fraction of sp³-hybridized carbons (Fsp3) is 0.143. The Bertz CT molecular complexity index is 1020. The van der Waals surface area contributed by atoms with E-state index in [1.165, 1.54) is 30.3 Å². The number of hydrogen-bond acceptors (Lipinski definition) is 5.